The molecule has 296 valence electrons. The SMILES string of the molecule is CN(C(=O)OCc1ccccc1)S(=O)(=O)c1ccc(Cl)c(C(C(=O)O)C(=O)C(C(=O)O)c2c(Cl)ccc(S(=O)(=O)N(C)C(=O)OCc3ccccc3)c2Cl)c1Cl. The van der Waals surface area contributed by atoms with E-state index < -0.39 is 103 Å². The molecule has 2 unspecified atom stereocenters. The molecule has 56 heavy (non-hydrogen) atoms. The van der Waals surface area contributed by atoms with Crippen LogP contribution >= 0.6 is 46.4 Å². The van der Waals surface area contributed by atoms with Gasteiger partial charge >= 0.3 is 24.1 Å². The number of carbonyl (C=O) groups excluding carboxylic acids is 3. The van der Waals surface area contributed by atoms with E-state index in [1.54, 1.807) is 60.7 Å². The molecule has 0 aliphatic rings. The maximum atomic E-state index is 14.1. The fourth-order valence-electron chi connectivity index (χ4n) is 5.08. The van der Waals surface area contributed by atoms with Crippen LogP contribution in [-0.4, -0.2) is 79.7 Å². The summed E-state index contributed by atoms with van der Waals surface area (Å²) < 4.78 is 64.7. The Hall–Kier alpha value is -4.91. The van der Waals surface area contributed by atoms with Crippen LogP contribution < -0.4 is 0 Å². The minimum Gasteiger partial charge on any atom is -0.480 e. The van der Waals surface area contributed by atoms with Crippen LogP contribution in [-0.2, 0) is 57.1 Å². The fraction of sp³-hybridized carbons (Fsp3) is 0.171. The molecule has 0 spiro atoms. The zero-order chi connectivity index (χ0) is 41.7. The molecule has 0 radical (unpaired) electrons. The van der Waals surface area contributed by atoms with Crippen LogP contribution in [0.4, 0.5) is 9.59 Å². The number of halogens is 4. The molecule has 0 fully saturated rings. The zero-order valence-electron chi connectivity index (χ0n) is 28.8. The molecule has 0 bridgehead atoms. The Kier molecular flexibility index (Phi) is 14.0. The van der Waals surface area contributed by atoms with Gasteiger partial charge in [-0.25, -0.2) is 35.0 Å². The molecule has 0 saturated heterocycles. The second-order valence-electron chi connectivity index (χ2n) is 11.5. The van der Waals surface area contributed by atoms with Gasteiger partial charge in [-0.1, -0.05) is 107 Å². The summed E-state index contributed by atoms with van der Waals surface area (Å²) >= 11 is 25.4. The molecule has 4 aromatic rings. The third kappa shape index (κ3) is 9.20. The lowest BCUT2D eigenvalue weighted by Gasteiger charge is -2.24. The number of amides is 2. The third-order valence-corrected chi connectivity index (χ3v) is 13.3. The normalized spacial score (nSPS) is 12.5. The number of nitrogens with zero attached hydrogens (tertiary/aromatic N) is 2. The van der Waals surface area contributed by atoms with Gasteiger partial charge in [0.05, 0.1) is 10.0 Å². The molecule has 0 aromatic heterocycles. The predicted molar refractivity (Wildman–Crippen MR) is 202 cm³/mol. The Bertz CT molecular complexity index is 2250. The quantitative estimate of drug-likeness (QED) is 0.124. The second kappa shape index (κ2) is 17.9. The molecule has 2 amide bonds. The van der Waals surface area contributed by atoms with Crippen molar-refractivity contribution >= 4 is 96.4 Å². The highest BCUT2D eigenvalue weighted by atomic mass is 35.5. The number of sulfonamides is 2. The molecule has 0 aliphatic carbocycles. The lowest BCUT2D eigenvalue weighted by Crippen LogP contribution is -2.35. The van der Waals surface area contributed by atoms with Gasteiger partial charge in [0.1, 0.15) is 34.8 Å². The van der Waals surface area contributed by atoms with Gasteiger partial charge < -0.3 is 19.7 Å². The van der Waals surface area contributed by atoms with Crippen molar-refractivity contribution in [1.82, 2.24) is 8.61 Å². The van der Waals surface area contributed by atoms with Crippen molar-refractivity contribution in [2.45, 2.75) is 34.8 Å². The molecular weight excluding hydrogens is 862 g/mol. The first-order valence-electron chi connectivity index (χ1n) is 15.6. The van der Waals surface area contributed by atoms with Crippen molar-refractivity contribution in [3.05, 3.63) is 127 Å². The molecule has 2 atom stereocenters. The minimum atomic E-state index is -4.96. The van der Waals surface area contributed by atoms with Crippen molar-refractivity contribution in [3.63, 3.8) is 0 Å². The summed E-state index contributed by atoms with van der Waals surface area (Å²) in [4.78, 5) is 63.3. The van der Waals surface area contributed by atoms with Crippen LogP contribution in [0.2, 0.25) is 20.1 Å². The number of carboxylic acid groups (broad SMARTS) is 2. The molecule has 0 aliphatic heterocycles. The third-order valence-electron chi connectivity index (χ3n) is 8.02. The highest BCUT2D eigenvalue weighted by molar-refractivity contribution is 7.90. The number of hydrogen-bond donors (Lipinski definition) is 2. The summed E-state index contributed by atoms with van der Waals surface area (Å²) in [5.74, 6) is -11.2. The molecule has 0 saturated carbocycles. The Balaban J connectivity index is 1.73. The van der Waals surface area contributed by atoms with E-state index >= 15 is 0 Å². The van der Waals surface area contributed by atoms with Crippen molar-refractivity contribution in [2.75, 3.05) is 14.1 Å². The molecular formula is C35H28Cl4N2O13S2. The van der Waals surface area contributed by atoms with Crippen LogP contribution in [0.25, 0.3) is 0 Å². The van der Waals surface area contributed by atoms with Crippen LogP contribution in [0.3, 0.4) is 0 Å². The lowest BCUT2D eigenvalue weighted by atomic mass is 9.83. The average Bonchev–Trinajstić information content (AvgIpc) is 3.15. The summed E-state index contributed by atoms with van der Waals surface area (Å²) in [5.41, 5.74) is -0.765. The van der Waals surface area contributed by atoms with Crippen molar-refractivity contribution < 1.29 is 60.5 Å². The van der Waals surface area contributed by atoms with Crippen molar-refractivity contribution in [1.29, 1.82) is 0 Å². The first-order valence-corrected chi connectivity index (χ1v) is 20.0. The number of carboxylic acids is 2. The number of carbonyl (C=O) groups is 5. The Morgan fingerprint density at radius 2 is 0.893 bits per heavy atom. The topological polar surface area (TPSA) is 219 Å². The van der Waals surface area contributed by atoms with Gasteiger partial charge in [-0.2, -0.15) is 0 Å². The summed E-state index contributed by atoms with van der Waals surface area (Å²) in [6.45, 7) is -0.652. The number of rotatable bonds is 14. The number of ketones is 1. The highest BCUT2D eigenvalue weighted by Gasteiger charge is 2.45. The Labute approximate surface area is 339 Å². The van der Waals surface area contributed by atoms with Crippen LogP contribution in [0.15, 0.2) is 94.7 Å². The van der Waals surface area contributed by atoms with Crippen LogP contribution in [0.1, 0.15) is 34.1 Å². The Morgan fingerprint density at radius 3 is 1.20 bits per heavy atom. The van der Waals surface area contributed by atoms with E-state index in [2.05, 4.69) is 0 Å². The number of hydrogen-bond acceptors (Lipinski definition) is 11. The van der Waals surface area contributed by atoms with Gasteiger partial charge in [0.25, 0.3) is 20.0 Å². The Morgan fingerprint density at radius 1 is 0.571 bits per heavy atom. The smallest absolute Gasteiger partial charge is 0.423 e. The lowest BCUT2D eigenvalue weighted by molar-refractivity contribution is -0.146. The van der Waals surface area contributed by atoms with Gasteiger partial charge in [-0.3, -0.25) is 14.4 Å². The summed E-state index contributed by atoms with van der Waals surface area (Å²) in [7, 11) is -8.28. The van der Waals surface area contributed by atoms with Gasteiger partial charge in [0, 0.05) is 35.3 Å². The minimum absolute atomic E-state index is 0.159. The first-order chi connectivity index (χ1) is 26.2. The van der Waals surface area contributed by atoms with E-state index in [1.165, 1.54) is 0 Å². The van der Waals surface area contributed by atoms with E-state index in [-0.39, 0.29) is 21.8 Å². The largest absolute Gasteiger partial charge is 0.480 e. The van der Waals surface area contributed by atoms with Crippen molar-refractivity contribution in [3.8, 4) is 0 Å². The highest BCUT2D eigenvalue weighted by Crippen LogP contribution is 2.43. The van der Waals surface area contributed by atoms with Gasteiger partial charge in [0.2, 0.25) is 0 Å². The van der Waals surface area contributed by atoms with Crippen LogP contribution in [0.5, 0.6) is 0 Å². The number of ether oxygens (including phenoxy) is 2. The summed E-state index contributed by atoms with van der Waals surface area (Å²) in [6.07, 6.45) is -2.74. The molecule has 0 heterocycles. The van der Waals surface area contributed by atoms with Crippen molar-refractivity contribution in [2.24, 2.45) is 0 Å². The van der Waals surface area contributed by atoms with Gasteiger partial charge in [0.15, 0.2) is 5.78 Å². The standard InChI is InChI=1S/C35H28Cl4N2O13S2/c1-40(34(47)53-17-19-9-5-3-6-10-19)55(49,50)23-15-13-21(36)25(29(23)38)27(32(43)44)31(42)28(33(45)46)26-22(37)14-16-24(30(26)39)56(51,52)41(2)35(48)54-18-20-11-7-4-8-12-20/h3-16,27-28H,17-18H2,1-2H3,(H,43,44)(H,45,46). The maximum Gasteiger partial charge on any atom is 0.423 e. The fourth-order valence-corrected chi connectivity index (χ4v) is 9.08. The number of benzene rings is 4. The average molecular weight is 891 g/mol. The van der Waals surface area contributed by atoms with E-state index in [4.69, 9.17) is 55.9 Å². The predicted octanol–water partition coefficient (Wildman–Crippen LogP) is 6.82. The monoisotopic (exact) mass is 888 g/mol. The van der Waals surface area contributed by atoms with Gasteiger partial charge in [-0.05, 0) is 35.4 Å². The summed E-state index contributed by atoms with van der Waals surface area (Å²) in [5, 5.41) is 17.4. The van der Waals surface area contributed by atoms with E-state index in [1.807, 2.05) is 0 Å². The second-order valence-corrected chi connectivity index (χ2v) is 17.0. The van der Waals surface area contributed by atoms with E-state index in [0.717, 1.165) is 38.4 Å². The number of Topliss-reactive ketones (excluding diaryl/α,β-unsaturated/α-hetero) is 1. The zero-order valence-corrected chi connectivity index (χ0v) is 33.4. The van der Waals surface area contributed by atoms with E-state index in [0.29, 0.717) is 11.1 Å². The molecule has 21 heteroatoms. The molecule has 4 rings (SSSR count). The molecule has 4 aromatic carbocycles. The number of aliphatic carboxylic acids is 2. The summed E-state index contributed by atoms with van der Waals surface area (Å²) in [6, 6.07) is 19.8. The van der Waals surface area contributed by atoms with Crippen LogP contribution in [0, 0.1) is 0 Å². The first kappa shape index (κ1) is 43.8. The molecule has 15 nitrogen and oxygen atoms in total. The van der Waals surface area contributed by atoms with E-state index in [9.17, 15) is 51.0 Å². The molecule has 2 N–H and O–H groups in total. The van der Waals surface area contributed by atoms with Gasteiger partial charge in [-0.15, -0.1) is 0 Å². The maximum absolute atomic E-state index is 14.1.